The van der Waals surface area contributed by atoms with Gasteiger partial charge in [0.05, 0.1) is 6.04 Å². The number of nitrogens with zero attached hydrogens (tertiary/aromatic N) is 1. The van der Waals surface area contributed by atoms with Gasteiger partial charge in [-0.2, -0.15) is 0 Å². The number of aliphatic imine (C=N–C) groups is 1. The quantitative estimate of drug-likeness (QED) is 0.360. The Kier molecular flexibility index (Phi) is 11.8. The highest BCUT2D eigenvalue weighted by Crippen LogP contribution is 1.75. The third-order valence-electron chi connectivity index (χ3n) is 1.03. The van der Waals surface area contributed by atoms with Crippen LogP contribution in [0.4, 0.5) is 4.79 Å². The van der Waals surface area contributed by atoms with Crippen LogP contribution in [0.1, 0.15) is 13.8 Å². The van der Waals surface area contributed by atoms with Crippen LogP contribution in [-0.4, -0.2) is 32.2 Å². The van der Waals surface area contributed by atoms with Gasteiger partial charge in [0.15, 0.2) is 0 Å². The Morgan fingerprint density at radius 1 is 1.50 bits per heavy atom. The number of hydrogen-bond acceptors (Lipinski definition) is 3. The van der Waals surface area contributed by atoms with Crippen LogP contribution in [0.2, 0.25) is 0 Å². The Balaban J connectivity index is 0. The maximum Gasteiger partial charge on any atom is 0.315 e. The summed E-state index contributed by atoms with van der Waals surface area (Å²) in [6, 6.07) is -0.278. The third-order valence-corrected chi connectivity index (χ3v) is 1.03. The van der Waals surface area contributed by atoms with Crippen LogP contribution in [0.25, 0.3) is 0 Å². The standard InChI is InChI=1S/C7H12N2O.C2H3NO/c1-4-5-6(2)9-7(10)8-3;1-3-2-4/h6H,1-3H3,(H2,8,9,10);1H3. The van der Waals surface area contributed by atoms with Crippen LogP contribution in [0.5, 0.6) is 0 Å². The summed E-state index contributed by atoms with van der Waals surface area (Å²) in [4.78, 5) is 22.4. The number of rotatable bonds is 1. The molecule has 2 N–H and O–H groups in total. The molecule has 1 atom stereocenters. The van der Waals surface area contributed by atoms with E-state index in [1.807, 2.05) is 6.92 Å². The summed E-state index contributed by atoms with van der Waals surface area (Å²) in [6.07, 6.45) is 1.31. The molecule has 0 saturated heterocycles. The van der Waals surface area contributed by atoms with Crippen LogP contribution >= 0.6 is 0 Å². The van der Waals surface area contributed by atoms with Gasteiger partial charge in [0.25, 0.3) is 0 Å². The normalized spacial score (nSPS) is 8.86. The topological polar surface area (TPSA) is 70.6 Å². The molecule has 0 aliphatic heterocycles. The molecule has 0 aliphatic rings. The van der Waals surface area contributed by atoms with Crippen LogP contribution in [-0.2, 0) is 4.79 Å². The second-order valence-electron chi connectivity index (χ2n) is 2.15. The number of hydrogen-bond donors (Lipinski definition) is 2. The maximum atomic E-state index is 10.6. The first-order chi connectivity index (χ1) is 6.62. The van der Waals surface area contributed by atoms with Gasteiger partial charge in [0.1, 0.15) is 0 Å². The number of carbonyl (C=O) groups is 1. The number of amides is 2. The number of nitrogens with one attached hydrogen (secondary N) is 2. The minimum atomic E-state index is -0.199. The molecule has 0 aromatic carbocycles. The van der Waals surface area contributed by atoms with Crippen LogP contribution in [0, 0.1) is 11.8 Å². The molecular weight excluding hydrogens is 182 g/mol. The minimum absolute atomic E-state index is 0.0788. The second-order valence-corrected chi connectivity index (χ2v) is 2.15. The SMILES string of the molecule is CC#CC(C)NC(=O)NC.CN=C=O. The zero-order valence-corrected chi connectivity index (χ0v) is 8.84. The molecule has 1 unspecified atom stereocenters. The summed E-state index contributed by atoms with van der Waals surface area (Å²) < 4.78 is 0. The van der Waals surface area contributed by atoms with Crippen molar-refractivity contribution in [3.8, 4) is 11.8 Å². The summed E-state index contributed by atoms with van der Waals surface area (Å²) in [5.41, 5.74) is 0. The van der Waals surface area contributed by atoms with E-state index in [2.05, 4.69) is 27.5 Å². The van der Waals surface area contributed by atoms with E-state index in [0.717, 1.165) is 0 Å². The average Bonchev–Trinajstić information content (AvgIpc) is 2.18. The van der Waals surface area contributed by atoms with E-state index >= 15 is 0 Å². The Morgan fingerprint density at radius 2 is 2.00 bits per heavy atom. The van der Waals surface area contributed by atoms with E-state index in [1.165, 1.54) is 13.1 Å². The Hall–Kier alpha value is -1.79. The Bertz CT molecular complexity index is 259. The fourth-order valence-corrected chi connectivity index (χ4v) is 0.521. The highest BCUT2D eigenvalue weighted by atomic mass is 16.2. The lowest BCUT2D eigenvalue weighted by Gasteiger charge is -2.05. The molecule has 0 bridgehead atoms. The molecule has 0 aliphatic carbocycles. The molecule has 5 heteroatoms. The molecule has 2 amide bonds. The summed E-state index contributed by atoms with van der Waals surface area (Å²) >= 11 is 0. The van der Waals surface area contributed by atoms with Crippen molar-refractivity contribution in [2.24, 2.45) is 4.99 Å². The van der Waals surface area contributed by atoms with Crippen molar-refractivity contribution in [3.63, 3.8) is 0 Å². The molecule has 14 heavy (non-hydrogen) atoms. The first-order valence-electron chi connectivity index (χ1n) is 3.98. The molecule has 78 valence electrons. The van der Waals surface area contributed by atoms with Crippen molar-refractivity contribution in [3.05, 3.63) is 0 Å². The van der Waals surface area contributed by atoms with Crippen molar-refractivity contribution in [2.75, 3.05) is 14.1 Å². The predicted octanol–water partition coefficient (Wildman–Crippen LogP) is 0.279. The molecule has 0 fully saturated rings. The molecule has 0 spiro atoms. The summed E-state index contributed by atoms with van der Waals surface area (Å²) in [5.74, 6) is 5.49. The molecular formula is C9H15N3O2. The molecule has 0 rings (SSSR count). The van der Waals surface area contributed by atoms with Crippen molar-refractivity contribution < 1.29 is 9.59 Å². The monoisotopic (exact) mass is 197 g/mol. The number of urea groups is 1. The van der Waals surface area contributed by atoms with Gasteiger partial charge < -0.3 is 10.6 Å². The van der Waals surface area contributed by atoms with Gasteiger partial charge in [-0.05, 0) is 13.8 Å². The van der Waals surface area contributed by atoms with Crippen molar-refractivity contribution >= 4 is 12.1 Å². The van der Waals surface area contributed by atoms with Gasteiger partial charge in [-0.3, -0.25) is 0 Å². The summed E-state index contributed by atoms with van der Waals surface area (Å²) in [6.45, 7) is 3.56. The number of carbonyl (C=O) groups excluding carboxylic acids is 2. The summed E-state index contributed by atoms with van der Waals surface area (Å²) in [5, 5.41) is 5.04. The van der Waals surface area contributed by atoms with Crippen molar-refractivity contribution in [2.45, 2.75) is 19.9 Å². The first-order valence-corrected chi connectivity index (χ1v) is 3.98. The molecule has 0 saturated carbocycles. The van der Waals surface area contributed by atoms with Crippen LogP contribution in [0.3, 0.4) is 0 Å². The Morgan fingerprint density at radius 3 is 2.29 bits per heavy atom. The second kappa shape index (κ2) is 11.2. The average molecular weight is 197 g/mol. The predicted molar refractivity (Wildman–Crippen MR) is 54.5 cm³/mol. The van der Waals surface area contributed by atoms with Gasteiger partial charge >= 0.3 is 6.03 Å². The lowest BCUT2D eigenvalue weighted by Crippen LogP contribution is -2.38. The smallest absolute Gasteiger partial charge is 0.315 e. The van der Waals surface area contributed by atoms with Crippen molar-refractivity contribution in [1.29, 1.82) is 0 Å². The minimum Gasteiger partial charge on any atom is -0.341 e. The van der Waals surface area contributed by atoms with E-state index in [0.29, 0.717) is 0 Å². The van der Waals surface area contributed by atoms with Gasteiger partial charge in [-0.25, -0.2) is 14.6 Å². The zero-order chi connectivity index (χ0) is 11.4. The lowest BCUT2D eigenvalue weighted by molar-refractivity contribution is 0.242. The third kappa shape index (κ3) is 12.8. The highest BCUT2D eigenvalue weighted by molar-refractivity contribution is 5.74. The summed E-state index contributed by atoms with van der Waals surface area (Å²) in [7, 11) is 2.95. The van der Waals surface area contributed by atoms with E-state index in [9.17, 15) is 4.79 Å². The van der Waals surface area contributed by atoms with E-state index in [-0.39, 0.29) is 12.1 Å². The highest BCUT2D eigenvalue weighted by Gasteiger charge is 1.98. The molecule has 5 nitrogen and oxygen atoms in total. The largest absolute Gasteiger partial charge is 0.341 e. The van der Waals surface area contributed by atoms with E-state index in [4.69, 9.17) is 4.79 Å². The van der Waals surface area contributed by atoms with Gasteiger partial charge in [0, 0.05) is 14.1 Å². The van der Waals surface area contributed by atoms with Gasteiger partial charge in [-0.15, -0.1) is 5.92 Å². The molecule has 0 aromatic rings. The van der Waals surface area contributed by atoms with Crippen LogP contribution in [0.15, 0.2) is 4.99 Å². The molecule has 0 aromatic heterocycles. The lowest BCUT2D eigenvalue weighted by atomic mass is 10.3. The maximum absolute atomic E-state index is 10.6. The fourth-order valence-electron chi connectivity index (χ4n) is 0.521. The molecule has 0 radical (unpaired) electrons. The first kappa shape index (κ1) is 14.7. The Labute approximate surface area is 84.0 Å². The fraction of sp³-hybridized carbons (Fsp3) is 0.556. The van der Waals surface area contributed by atoms with Crippen LogP contribution < -0.4 is 10.6 Å². The van der Waals surface area contributed by atoms with E-state index < -0.39 is 0 Å². The number of isocyanates is 1. The molecule has 0 heterocycles. The van der Waals surface area contributed by atoms with Gasteiger partial charge in [0.2, 0.25) is 6.08 Å². The zero-order valence-electron chi connectivity index (χ0n) is 8.84. The van der Waals surface area contributed by atoms with Crippen molar-refractivity contribution in [1.82, 2.24) is 10.6 Å². The van der Waals surface area contributed by atoms with Gasteiger partial charge in [-0.1, -0.05) is 5.92 Å². The van der Waals surface area contributed by atoms with E-state index in [1.54, 1.807) is 14.0 Å².